The van der Waals surface area contributed by atoms with Crippen LogP contribution in [0.3, 0.4) is 0 Å². The average Bonchev–Trinajstić information content (AvgIpc) is 3.24. The van der Waals surface area contributed by atoms with Crippen molar-refractivity contribution in [3.8, 4) is 0 Å². The molecule has 2 aliphatic heterocycles. The SMILES string of the molecule is C[C@]1(c2ccco2)NC(=O)N(CC(=O)Nc2ccc(N3CCCCCC3)cc2)C1=O. The fourth-order valence-corrected chi connectivity index (χ4v) is 4.00. The molecule has 0 bridgehead atoms. The van der Waals surface area contributed by atoms with Gasteiger partial charge in [0.2, 0.25) is 5.91 Å². The number of hydrogen-bond acceptors (Lipinski definition) is 5. The van der Waals surface area contributed by atoms with E-state index < -0.39 is 23.4 Å². The predicted octanol–water partition coefficient (Wildman–Crippen LogP) is 3.07. The van der Waals surface area contributed by atoms with E-state index in [2.05, 4.69) is 15.5 Å². The smallest absolute Gasteiger partial charge is 0.325 e. The van der Waals surface area contributed by atoms with Crippen LogP contribution in [0.15, 0.2) is 47.1 Å². The molecule has 4 rings (SSSR count). The van der Waals surface area contributed by atoms with E-state index in [1.807, 2.05) is 24.3 Å². The molecule has 8 heteroatoms. The van der Waals surface area contributed by atoms with Gasteiger partial charge in [0.05, 0.1) is 6.26 Å². The molecule has 2 N–H and O–H groups in total. The molecule has 0 radical (unpaired) electrons. The van der Waals surface area contributed by atoms with Crippen molar-refractivity contribution < 1.29 is 18.8 Å². The topological polar surface area (TPSA) is 94.9 Å². The second-order valence-electron chi connectivity index (χ2n) is 7.92. The van der Waals surface area contributed by atoms with Gasteiger partial charge in [-0.05, 0) is 56.2 Å². The minimum absolute atomic E-state index is 0.327. The van der Waals surface area contributed by atoms with Gasteiger partial charge in [-0.2, -0.15) is 0 Å². The first kappa shape index (κ1) is 20.0. The zero-order valence-electron chi connectivity index (χ0n) is 17.0. The molecule has 0 aliphatic carbocycles. The molecule has 1 aromatic heterocycles. The second kappa shape index (κ2) is 8.22. The van der Waals surface area contributed by atoms with E-state index in [9.17, 15) is 14.4 Å². The molecule has 2 aliphatic rings. The molecule has 0 spiro atoms. The molecular formula is C22H26N4O4. The lowest BCUT2D eigenvalue weighted by atomic mass is 9.99. The minimum Gasteiger partial charge on any atom is -0.466 e. The summed E-state index contributed by atoms with van der Waals surface area (Å²) in [6.45, 7) is 3.29. The third kappa shape index (κ3) is 3.90. The fraction of sp³-hybridized carbons (Fsp3) is 0.409. The summed E-state index contributed by atoms with van der Waals surface area (Å²) < 4.78 is 5.29. The first-order valence-electron chi connectivity index (χ1n) is 10.3. The van der Waals surface area contributed by atoms with Crippen LogP contribution in [0.2, 0.25) is 0 Å². The second-order valence-corrected chi connectivity index (χ2v) is 7.92. The van der Waals surface area contributed by atoms with Crippen LogP contribution in [0.25, 0.3) is 0 Å². The van der Waals surface area contributed by atoms with Crippen LogP contribution in [0.4, 0.5) is 16.2 Å². The van der Waals surface area contributed by atoms with Gasteiger partial charge in [0, 0.05) is 24.5 Å². The van der Waals surface area contributed by atoms with E-state index in [4.69, 9.17) is 4.42 Å². The monoisotopic (exact) mass is 410 g/mol. The Kier molecular flexibility index (Phi) is 5.48. The van der Waals surface area contributed by atoms with Crippen LogP contribution in [-0.4, -0.2) is 42.4 Å². The zero-order chi connectivity index (χ0) is 21.1. The van der Waals surface area contributed by atoms with Crippen LogP contribution >= 0.6 is 0 Å². The Morgan fingerprint density at radius 3 is 2.43 bits per heavy atom. The lowest BCUT2D eigenvalue weighted by molar-refractivity contribution is -0.134. The number of rotatable bonds is 5. The summed E-state index contributed by atoms with van der Waals surface area (Å²) in [6.07, 6.45) is 6.37. The minimum atomic E-state index is -1.31. The number of hydrogen-bond donors (Lipinski definition) is 2. The Hall–Kier alpha value is -3.29. The molecule has 2 aromatic rings. The first-order chi connectivity index (χ1) is 14.5. The Labute approximate surface area is 175 Å². The highest BCUT2D eigenvalue weighted by molar-refractivity contribution is 6.10. The molecule has 30 heavy (non-hydrogen) atoms. The number of nitrogens with zero attached hydrogens (tertiary/aromatic N) is 2. The number of anilines is 2. The van der Waals surface area contributed by atoms with Gasteiger partial charge in [0.1, 0.15) is 12.3 Å². The number of benzene rings is 1. The largest absolute Gasteiger partial charge is 0.466 e. The van der Waals surface area contributed by atoms with Crippen molar-refractivity contribution in [3.05, 3.63) is 48.4 Å². The summed E-state index contributed by atoms with van der Waals surface area (Å²) in [6, 6.07) is 10.3. The van der Waals surface area contributed by atoms with Crippen molar-refractivity contribution in [2.75, 3.05) is 29.9 Å². The van der Waals surface area contributed by atoms with Crippen LogP contribution in [0.1, 0.15) is 38.4 Å². The number of nitrogens with one attached hydrogen (secondary N) is 2. The Morgan fingerprint density at radius 1 is 1.10 bits per heavy atom. The average molecular weight is 410 g/mol. The van der Waals surface area contributed by atoms with Crippen LogP contribution in [0, 0.1) is 0 Å². The van der Waals surface area contributed by atoms with E-state index in [1.165, 1.54) is 31.9 Å². The van der Waals surface area contributed by atoms with Crippen molar-refractivity contribution in [2.24, 2.45) is 0 Å². The van der Waals surface area contributed by atoms with Crippen molar-refractivity contribution in [1.29, 1.82) is 0 Å². The molecule has 1 atom stereocenters. The van der Waals surface area contributed by atoms with Crippen molar-refractivity contribution >= 4 is 29.2 Å². The van der Waals surface area contributed by atoms with E-state index in [0.29, 0.717) is 11.4 Å². The van der Waals surface area contributed by atoms with Crippen molar-refractivity contribution in [3.63, 3.8) is 0 Å². The highest BCUT2D eigenvalue weighted by atomic mass is 16.3. The quantitative estimate of drug-likeness (QED) is 0.739. The molecule has 1 aromatic carbocycles. The van der Waals surface area contributed by atoms with Crippen LogP contribution in [-0.2, 0) is 15.1 Å². The molecular weight excluding hydrogens is 384 g/mol. The maximum atomic E-state index is 12.8. The maximum Gasteiger partial charge on any atom is 0.325 e. The molecule has 2 saturated heterocycles. The van der Waals surface area contributed by atoms with Gasteiger partial charge in [-0.15, -0.1) is 0 Å². The number of imide groups is 1. The van der Waals surface area contributed by atoms with E-state index in [-0.39, 0.29) is 6.54 Å². The Bertz CT molecular complexity index is 917. The van der Waals surface area contributed by atoms with E-state index in [1.54, 1.807) is 19.1 Å². The predicted molar refractivity (Wildman–Crippen MR) is 112 cm³/mol. The van der Waals surface area contributed by atoms with Crippen molar-refractivity contribution in [1.82, 2.24) is 10.2 Å². The number of furan rings is 1. The van der Waals surface area contributed by atoms with Gasteiger partial charge in [0.25, 0.3) is 5.91 Å². The molecule has 0 saturated carbocycles. The fourth-order valence-electron chi connectivity index (χ4n) is 4.00. The van der Waals surface area contributed by atoms with E-state index in [0.717, 1.165) is 23.7 Å². The summed E-state index contributed by atoms with van der Waals surface area (Å²) in [4.78, 5) is 40.8. The Balaban J connectivity index is 1.37. The van der Waals surface area contributed by atoms with Gasteiger partial charge in [-0.25, -0.2) is 4.79 Å². The molecule has 4 amide bonds. The van der Waals surface area contributed by atoms with Gasteiger partial charge >= 0.3 is 6.03 Å². The molecule has 0 unspecified atom stereocenters. The summed E-state index contributed by atoms with van der Waals surface area (Å²) >= 11 is 0. The highest BCUT2D eigenvalue weighted by Gasteiger charge is 2.51. The van der Waals surface area contributed by atoms with Gasteiger partial charge in [-0.3, -0.25) is 14.5 Å². The van der Waals surface area contributed by atoms with E-state index >= 15 is 0 Å². The molecule has 3 heterocycles. The van der Waals surface area contributed by atoms with Crippen LogP contribution < -0.4 is 15.5 Å². The summed E-state index contributed by atoms with van der Waals surface area (Å²) in [7, 11) is 0. The normalized spacial score (nSPS) is 22.0. The Morgan fingerprint density at radius 2 is 1.80 bits per heavy atom. The van der Waals surface area contributed by atoms with Crippen molar-refractivity contribution in [2.45, 2.75) is 38.1 Å². The number of amides is 4. The zero-order valence-corrected chi connectivity index (χ0v) is 17.0. The molecule has 8 nitrogen and oxygen atoms in total. The lowest BCUT2D eigenvalue weighted by Gasteiger charge is -2.23. The maximum absolute atomic E-state index is 12.8. The summed E-state index contributed by atoms with van der Waals surface area (Å²) in [5.41, 5.74) is 0.452. The highest BCUT2D eigenvalue weighted by Crippen LogP contribution is 2.29. The third-order valence-corrected chi connectivity index (χ3v) is 5.71. The standard InChI is InChI=1S/C22H26N4O4/c1-22(18-7-6-14-30-18)20(28)26(21(29)24-22)15-19(27)23-16-8-10-17(11-9-16)25-12-4-2-3-5-13-25/h6-11,14H,2-5,12-13,15H2,1H3,(H,23,27)(H,24,29)/t22-/m1/s1. The number of urea groups is 1. The van der Waals surface area contributed by atoms with Crippen LogP contribution in [0.5, 0.6) is 0 Å². The number of carbonyl (C=O) groups excluding carboxylic acids is 3. The molecule has 2 fully saturated rings. The van der Waals surface area contributed by atoms with Gasteiger partial charge in [-0.1, -0.05) is 12.8 Å². The summed E-state index contributed by atoms with van der Waals surface area (Å²) in [5.74, 6) is -0.633. The van der Waals surface area contributed by atoms with Gasteiger partial charge < -0.3 is 20.0 Å². The first-order valence-corrected chi connectivity index (χ1v) is 10.3. The lowest BCUT2D eigenvalue weighted by Crippen LogP contribution is -2.41. The van der Waals surface area contributed by atoms with Gasteiger partial charge in [0.15, 0.2) is 5.54 Å². The summed E-state index contributed by atoms with van der Waals surface area (Å²) in [5, 5.41) is 5.37. The molecule has 158 valence electrons. The number of carbonyl (C=O) groups is 3. The third-order valence-electron chi connectivity index (χ3n) is 5.71.